The van der Waals surface area contributed by atoms with E-state index >= 15 is 0 Å². The molecule has 0 amide bonds. The van der Waals surface area contributed by atoms with Crippen molar-refractivity contribution in [2.45, 2.75) is 38.7 Å². The fourth-order valence-electron chi connectivity index (χ4n) is 2.19. The number of aromatic nitrogens is 1. The zero-order valence-corrected chi connectivity index (χ0v) is 9.52. The molecule has 1 fully saturated rings. The van der Waals surface area contributed by atoms with Crippen molar-refractivity contribution in [3.05, 3.63) is 24.0 Å². The van der Waals surface area contributed by atoms with E-state index in [9.17, 15) is 0 Å². The summed E-state index contributed by atoms with van der Waals surface area (Å²) >= 11 is 0. The van der Waals surface area contributed by atoms with Crippen LogP contribution in [0.15, 0.2) is 18.3 Å². The lowest BCUT2D eigenvalue weighted by atomic mass is 9.89. The first-order chi connectivity index (χ1) is 7.78. The van der Waals surface area contributed by atoms with Crippen molar-refractivity contribution in [1.82, 2.24) is 4.98 Å². The van der Waals surface area contributed by atoms with Gasteiger partial charge in [-0.25, -0.2) is 4.98 Å². The minimum Gasteiger partial charge on any atom is -0.489 e. The molecule has 16 heavy (non-hydrogen) atoms. The Morgan fingerprint density at radius 1 is 1.44 bits per heavy atom. The normalized spacial score (nSPS) is 24.8. The number of nitrogens with zero attached hydrogens (tertiary/aromatic N) is 2. The van der Waals surface area contributed by atoms with E-state index in [0.717, 1.165) is 24.5 Å². The molecule has 2 atom stereocenters. The average Bonchev–Trinajstić information content (AvgIpc) is 2.30. The van der Waals surface area contributed by atoms with E-state index in [1.165, 1.54) is 12.8 Å². The van der Waals surface area contributed by atoms with Crippen LogP contribution in [0.2, 0.25) is 0 Å². The largest absolute Gasteiger partial charge is 0.489 e. The number of ether oxygens (including phenoxy) is 1. The molecule has 1 aromatic rings. The Hall–Kier alpha value is -1.56. The molecule has 0 spiro atoms. The lowest BCUT2D eigenvalue weighted by Crippen LogP contribution is -2.24. The Labute approximate surface area is 96.1 Å². The number of nitriles is 1. The predicted molar refractivity (Wildman–Crippen MR) is 61.0 cm³/mol. The Morgan fingerprint density at radius 2 is 2.31 bits per heavy atom. The summed E-state index contributed by atoms with van der Waals surface area (Å²) in [6, 6.07) is 5.52. The topological polar surface area (TPSA) is 45.9 Å². The first-order valence-corrected chi connectivity index (χ1v) is 5.80. The summed E-state index contributed by atoms with van der Waals surface area (Å²) in [5.41, 5.74) is 0.435. The highest BCUT2D eigenvalue weighted by atomic mass is 16.5. The maximum atomic E-state index is 8.63. The predicted octanol–water partition coefficient (Wildman–Crippen LogP) is 2.91. The highest BCUT2D eigenvalue weighted by Crippen LogP contribution is 2.27. The Balaban J connectivity index is 1.95. The quantitative estimate of drug-likeness (QED) is 0.763. The highest BCUT2D eigenvalue weighted by Gasteiger charge is 2.20. The summed E-state index contributed by atoms with van der Waals surface area (Å²) in [7, 11) is 0. The molecule has 84 valence electrons. The van der Waals surface area contributed by atoms with Crippen LogP contribution in [0.25, 0.3) is 0 Å². The summed E-state index contributed by atoms with van der Waals surface area (Å²) in [4.78, 5) is 4.00. The summed E-state index contributed by atoms with van der Waals surface area (Å²) < 4.78 is 5.85. The maximum Gasteiger partial charge on any atom is 0.140 e. The van der Waals surface area contributed by atoms with E-state index in [0.29, 0.717) is 11.8 Å². The van der Waals surface area contributed by atoms with Crippen LogP contribution in [0, 0.1) is 17.2 Å². The average molecular weight is 216 g/mol. The third kappa shape index (κ3) is 2.73. The zero-order chi connectivity index (χ0) is 11.4. The second-order valence-corrected chi connectivity index (χ2v) is 4.50. The van der Waals surface area contributed by atoms with Gasteiger partial charge in [0, 0.05) is 0 Å². The number of hydrogen-bond donors (Lipinski definition) is 0. The van der Waals surface area contributed by atoms with Crippen LogP contribution in [0.3, 0.4) is 0 Å². The van der Waals surface area contributed by atoms with Crippen LogP contribution < -0.4 is 4.74 Å². The van der Waals surface area contributed by atoms with Crippen molar-refractivity contribution in [3.63, 3.8) is 0 Å². The molecule has 1 heterocycles. The van der Waals surface area contributed by atoms with E-state index in [4.69, 9.17) is 10.00 Å². The molecule has 0 N–H and O–H groups in total. The van der Waals surface area contributed by atoms with Gasteiger partial charge < -0.3 is 4.74 Å². The van der Waals surface area contributed by atoms with Crippen LogP contribution in [0.4, 0.5) is 0 Å². The van der Waals surface area contributed by atoms with Gasteiger partial charge in [0.2, 0.25) is 0 Å². The molecule has 0 saturated heterocycles. The molecule has 1 aliphatic rings. The monoisotopic (exact) mass is 216 g/mol. The molecule has 0 radical (unpaired) electrons. The number of pyridine rings is 1. The van der Waals surface area contributed by atoms with Crippen LogP contribution >= 0.6 is 0 Å². The van der Waals surface area contributed by atoms with Gasteiger partial charge in [-0.15, -0.1) is 0 Å². The van der Waals surface area contributed by atoms with Crippen molar-refractivity contribution >= 4 is 0 Å². The standard InChI is InChI=1S/C13H16N2O/c1-10-3-2-4-12(7-10)16-13-6-5-11(8-14)15-9-13/h5-6,9-10,12H,2-4,7H2,1H3. The van der Waals surface area contributed by atoms with Crippen LogP contribution in [0.5, 0.6) is 5.75 Å². The van der Waals surface area contributed by atoms with Gasteiger partial charge in [0.25, 0.3) is 0 Å². The van der Waals surface area contributed by atoms with Gasteiger partial charge in [-0.1, -0.05) is 13.3 Å². The molecule has 1 aromatic heterocycles. The first kappa shape index (κ1) is 10.9. The van der Waals surface area contributed by atoms with E-state index in [1.807, 2.05) is 12.1 Å². The molecule has 0 aliphatic heterocycles. The molecule has 1 saturated carbocycles. The molecule has 0 aromatic carbocycles. The Morgan fingerprint density at radius 3 is 2.94 bits per heavy atom. The van der Waals surface area contributed by atoms with E-state index in [2.05, 4.69) is 11.9 Å². The summed E-state index contributed by atoms with van der Waals surface area (Å²) in [6.07, 6.45) is 6.77. The lowest BCUT2D eigenvalue weighted by Gasteiger charge is -2.27. The minimum atomic E-state index is 0.318. The number of rotatable bonds is 2. The van der Waals surface area contributed by atoms with Gasteiger partial charge in [-0.05, 0) is 37.3 Å². The zero-order valence-electron chi connectivity index (χ0n) is 9.52. The van der Waals surface area contributed by atoms with Gasteiger partial charge in [-0.3, -0.25) is 0 Å². The highest BCUT2D eigenvalue weighted by molar-refractivity contribution is 5.26. The number of hydrogen-bond acceptors (Lipinski definition) is 3. The summed E-state index contributed by atoms with van der Waals surface area (Å²) in [5, 5.41) is 8.63. The lowest BCUT2D eigenvalue weighted by molar-refractivity contribution is 0.129. The van der Waals surface area contributed by atoms with Crippen LogP contribution in [-0.4, -0.2) is 11.1 Å². The Kier molecular flexibility index (Phi) is 3.40. The van der Waals surface area contributed by atoms with Crippen molar-refractivity contribution in [2.75, 3.05) is 0 Å². The summed E-state index contributed by atoms with van der Waals surface area (Å²) in [5.74, 6) is 1.53. The second kappa shape index (κ2) is 4.98. The summed E-state index contributed by atoms with van der Waals surface area (Å²) in [6.45, 7) is 2.27. The minimum absolute atomic E-state index is 0.318. The molecule has 3 heteroatoms. The molecule has 0 bridgehead atoms. The SMILES string of the molecule is CC1CCCC(Oc2ccc(C#N)nc2)C1. The van der Waals surface area contributed by atoms with Crippen molar-refractivity contribution in [2.24, 2.45) is 5.92 Å². The molecule has 1 aliphatic carbocycles. The maximum absolute atomic E-state index is 8.63. The molecular weight excluding hydrogens is 200 g/mol. The fraction of sp³-hybridized carbons (Fsp3) is 0.538. The molecule has 3 nitrogen and oxygen atoms in total. The van der Waals surface area contributed by atoms with Crippen molar-refractivity contribution in [1.29, 1.82) is 5.26 Å². The third-order valence-corrected chi connectivity index (χ3v) is 3.04. The van der Waals surface area contributed by atoms with Gasteiger partial charge in [0.15, 0.2) is 0 Å². The van der Waals surface area contributed by atoms with Crippen molar-refractivity contribution < 1.29 is 4.74 Å². The molecule has 2 unspecified atom stereocenters. The first-order valence-electron chi connectivity index (χ1n) is 5.80. The van der Waals surface area contributed by atoms with Crippen LogP contribution in [-0.2, 0) is 0 Å². The van der Waals surface area contributed by atoms with E-state index in [-0.39, 0.29) is 0 Å². The third-order valence-electron chi connectivity index (χ3n) is 3.04. The second-order valence-electron chi connectivity index (χ2n) is 4.50. The van der Waals surface area contributed by atoms with Gasteiger partial charge in [0.1, 0.15) is 17.5 Å². The Bertz CT molecular complexity index is 380. The van der Waals surface area contributed by atoms with Crippen LogP contribution in [0.1, 0.15) is 38.3 Å². The van der Waals surface area contributed by atoms with Gasteiger partial charge >= 0.3 is 0 Å². The van der Waals surface area contributed by atoms with E-state index < -0.39 is 0 Å². The fourth-order valence-corrected chi connectivity index (χ4v) is 2.19. The van der Waals surface area contributed by atoms with Crippen molar-refractivity contribution in [3.8, 4) is 11.8 Å². The van der Waals surface area contributed by atoms with Gasteiger partial charge in [0.05, 0.1) is 12.3 Å². The smallest absolute Gasteiger partial charge is 0.140 e. The molecular formula is C13H16N2O. The van der Waals surface area contributed by atoms with E-state index in [1.54, 1.807) is 12.3 Å². The molecule has 2 rings (SSSR count). The van der Waals surface area contributed by atoms with Gasteiger partial charge in [-0.2, -0.15) is 5.26 Å².